The molecular weight excluding hydrogens is 352 g/mol. The van der Waals surface area contributed by atoms with Gasteiger partial charge in [0.15, 0.2) is 13.2 Å². The van der Waals surface area contributed by atoms with Crippen LogP contribution in [0.25, 0.3) is 0 Å². The molecule has 27 heavy (non-hydrogen) atoms. The summed E-state index contributed by atoms with van der Waals surface area (Å²) < 4.78 is 15.4. The molecule has 0 radical (unpaired) electrons. The molecule has 0 spiro atoms. The van der Waals surface area contributed by atoms with Gasteiger partial charge in [0.25, 0.3) is 11.8 Å². The standard InChI is InChI=1S/C19H20N2O6/c20-19(24)15-8-4-5-9-16(15)26-13-18(23)27-12-17(22)21-10-11-25-14-6-2-1-3-7-14/h1-9H,10-13H2,(H2,20,24)(H,21,22). The van der Waals surface area contributed by atoms with Crippen molar-refractivity contribution in [2.75, 3.05) is 26.4 Å². The SMILES string of the molecule is NC(=O)c1ccccc1OCC(=O)OCC(=O)NCCOc1ccccc1. The van der Waals surface area contributed by atoms with Gasteiger partial charge >= 0.3 is 5.97 Å². The van der Waals surface area contributed by atoms with E-state index in [9.17, 15) is 14.4 Å². The number of hydrogen-bond donors (Lipinski definition) is 2. The quantitative estimate of drug-likeness (QED) is 0.473. The number of benzene rings is 2. The zero-order chi connectivity index (χ0) is 19.5. The highest BCUT2D eigenvalue weighted by atomic mass is 16.6. The van der Waals surface area contributed by atoms with Gasteiger partial charge in [-0.2, -0.15) is 0 Å². The molecule has 0 heterocycles. The number of nitrogens with two attached hydrogens (primary N) is 1. The molecule has 0 saturated carbocycles. The molecular formula is C19H20N2O6. The van der Waals surface area contributed by atoms with Crippen molar-refractivity contribution >= 4 is 17.8 Å². The topological polar surface area (TPSA) is 117 Å². The Morgan fingerprint density at radius 2 is 1.59 bits per heavy atom. The molecule has 0 aliphatic carbocycles. The lowest BCUT2D eigenvalue weighted by Gasteiger charge is -2.10. The monoisotopic (exact) mass is 372 g/mol. The number of carbonyl (C=O) groups excluding carboxylic acids is 3. The highest BCUT2D eigenvalue weighted by Gasteiger charge is 2.12. The molecule has 142 valence electrons. The number of para-hydroxylation sites is 2. The summed E-state index contributed by atoms with van der Waals surface area (Å²) in [4.78, 5) is 34.5. The first-order valence-electron chi connectivity index (χ1n) is 8.18. The number of primary amides is 1. The van der Waals surface area contributed by atoms with Crippen LogP contribution in [0.1, 0.15) is 10.4 Å². The summed E-state index contributed by atoms with van der Waals surface area (Å²) in [6.07, 6.45) is 0. The van der Waals surface area contributed by atoms with E-state index in [1.54, 1.807) is 24.3 Å². The Morgan fingerprint density at radius 3 is 2.33 bits per heavy atom. The number of amides is 2. The maximum Gasteiger partial charge on any atom is 0.344 e. The third-order valence-electron chi connectivity index (χ3n) is 3.30. The van der Waals surface area contributed by atoms with Crippen LogP contribution in [0.5, 0.6) is 11.5 Å². The molecule has 2 rings (SSSR count). The van der Waals surface area contributed by atoms with Crippen LogP contribution >= 0.6 is 0 Å². The molecule has 8 heteroatoms. The van der Waals surface area contributed by atoms with Gasteiger partial charge in [0.1, 0.15) is 18.1 Å². The lowest BCUT2D eigenvalue weighted by atomic mass is 10.2. The maximum atomic E-state index is 11.6. The van der Waals surface area contributed by atoms with E-state index in [-0.39, 0.29) is 24.5 Å². The Kier molecular flexibility index (Phi) is 7.65. The number of carbonyl (C=O) groups is 3. The first-order chi connectivity index (χ1) is 13.1. The molecule has 0 aliphatic heterocycles. The van der Waals surface area contributed by atoms with Gasteiger partial charge in [0.2, 0.25) is 0 Å². The van der Waals surface area contributed by atoms with E-state index in [1.165, 1.54) is 12.1 Å². The molecule has 0 atom stereocenters. The average molecular weight is 372 g/mol. The van der Waals surface area contributed by atoms with E-state index in [0.717, 1.165) is 0 Å². The van der Waals surface area contributed by atoms with Crippen LogP contribution < -0.4 is 20.5 Å². The molecule has 0 aliphatic rings. The Morgan fingerprint density at radius 1 is 0.889 bits per heavy atom. The molecule has 8 nitrogen and oxygen atoms in total. The summed E-state index contributed by atoms with van der Waals surface area (Å²) >= 11 is 0. The molecule has 2 aromatic rings. The van der Waals surface area contributed by atoms with Crippen LogP contribution in [-0.4, -0.2) is 44.1 Å². The summed E-state index contributed by atoms with van der Waals surface area (Å²) in [5.41, 5.74) is 5.37. The van der Waals surface area contributed by atoms with Crippen molar-refractivity contribution in [1.29, 1.82) is 0 Å². The third-order valence-corrected chi connectivity index (χ3v) is 3.30. The van der Waals surface area contributed by atoms with Crippen LogP contribution in [-0.2, 0) is 14.3 Å². The predicted molar refractivity (Wildman–Crippen MR) is 96.4 cm³/mol. The average Bonchev–Trinajstić information content (AvgIpc) is 2.69. The van der Waals surface area contributed by atoms with Gasteiger partial charge < -0.3 is 25.3 Å². The second-order valence-electron chi connectivity index (χ2n) is 5.32. The largest absolute Gasteiger partial charge is 0.492 e. The number of ether oxygens (including phenoxy) is 3. The van der Waals surface area contributed by atoms with E-state index in [1.807, 2.05) is 18.2 Å². The number of nitrogens with one attached hydrogen (secondary N) is 1. The van der Waals surface area contributed by atoms with Gasteiger partial charge in [-0.15, -0.1) is 0 Å². The van der Waals surface area contributed by atoms with Gasteiger partial charge in [0.05, 0.1) is 12.1 Å². The Labute approximate surface area is 156 Å². The zero-order valence-corrected chi connectivity index (χ0v) is 14.6. The Hall–Kier alpha value is -3.55. The van der Waals surface area contributed by atoms with E-state index < -0.39 is 31.0 Å². The lowest BCUT2D eigenvalue weighted by Crippen LogP contribution is -2.32. The van der Waals surface area contributed by atoms with Crippen molar-refractivity contribution in [1.82, 2.24) is 5.32 Å². The molecule has 0 aromatic heterocycles. The minimum absolute atomic E-state index is 0.154. The predicted octanol–water partition coefficient (Wildman–Crippen LogP) is 0.903. The fraction of sp³-hybridized carbons (Fsp3) is 0.211. The summed E-state index contributed by atoms with van der Waals surface area (Å²) in [6, 6.07) is 15.4. The van der Waals surface area contributed by atoms with Crippen molar-refractivity contribution in [2.24, 2.45) is 5.73 Å². The summed E-state index contributed by atoms with van der Waals surface area (Å²) in [7, 11) is 0. The van der Waals surface area contributed by atoms with E-state index in [4.69, 9.17) is 19.9 Å². The molecule has 0 unspecified atom stereocenters. The second kappa shape index (κ2) is 10.4. The number of esters is 1. The van der Waals surface area contributed by atoms with Gasteiger partial charge in [-0.1, -0.05) is 30.3 Å². The minimum Gasteiger partial charge on any atom is -0.492 e. The van der Waals surface area contributed by atoms with Gasteiger partial charge in [0, 0.05) is 0 Å². The fourth-order valence-corrected chi connectivity index (χ4v) is 2.05. The highest BCUT2D eigenvalue weighted by molar-refractivity contribution is 5.95. The minimum atomic E-state index is -0.745. The summed E-state index contributed by atoms with van der Waals surface area (Å²) in [5, 5.41) is 2.56. The molecule has 0 saturated heterocycles. The van der Waals surface area contributed by atoms with E-state index >= 15 is 0 Å². The van der Waals surface area contributed by atoms with Gasteiger partial charge in [-0.25, -0.2) is 4.79 Å². The highest BCUT2D eigenvalue weighted by Crippen LogP contribution is 2.16. The molecule has 0 fully saturated rings. The number of hydrogen-bond acceptors (Lipinski definition) is 6. The van der Waals surface area contributed by atoms with Crippen LogP contribution in [0.2, 0.25) is 0 Å². The van der Waals surface area contributed by atoms with Crippen LogP contribution in [0.15, 0.2) is 54.6 Å². The van der Waals surface area contributed by atoms with E-state index in [0.29, 0.717) is 5.75 Å². The van der Waals surface area contributed by atoms with Gasteiger partial charge in [-0.05, 0) is 24.3 Å². The molecule has 3 N–H and O–H groups in total. The number of rotatable bonds is 10. The van der Waals surface area contributed by atoms with Crippen LogP contribution in [0.3, 0.4) is 0 Å². The van der Waals surface area contributed by atoms with Crippen molar-refractivity contribution in [3.8, 4) is 11.5 Å². The normalized spacial score (nSPS) is 9.93. The van der Waals surface area contributed by atoms with Crippen molar-refractivity contribution in [3.63, 3.8) is 0 Å². The molecule has 0 bridgehead atoms. The van der Waals surface area contributed by atoms with Crippen LogP contribution in [0, 0.1) is 0 Å². The van der Waals surface area contributed by atoms with E-state index in [2.05, 4.69) is 5.32 Å². The fourth-order valence-electron chi connectivity index (χ4n) is 2.05. The van der Waals surface area contributed by atoms with Crippen molar-refractivity contribution in [3.05, 3.63) is 60.2 Å². The Balaban J connectivity index is 1.62. The van der Waals surface area contributed by atoms with Crippen molar-refractivity contribution < 1.29 is 28.6 Å². The zero-order valence-electron chi connectivity index (χ0n) is 14.6. The Bertz CT molecular complexity index is 779. The second-order valence-corrected chi connectivity index (χ2v) is 5.32. The van der Waals surface area contributed by atoms with Crippen molar-refractivity contribution in [2.45, 2.75) is 0 Å². The first kappa shape index (κ1) is 19.8. The molecule has 2 amide bonds. The van der Waals surface area contributed by atoms with Gasteiger partial charge in [-0.3, -0.25) is 9.59 Å². The smallest absolute Gasteiger partial charge is 0.344 e. The first-order valence-corrected chi connectivity index (χ1v) is 8.18. The molecule has 2 aromatic carbocycles. The third kappa shape index (κ3) is 7.07. The summed E-state index contributed by atoms with van der Waals surface area (Å²) in [5.74, 6) is -1.00. The van der Waals surface area contributed by atoms with Crippen LogP contribution in [0.4, 0.5) is 0 Å². The lowest BCUT2D eigenvalue weighted by molar-refractivity contribution is -0.150. The summed E-state index contributed by atoms with van der Waals surface area (Å²) in [6.45, 7) is -0.329. The maximum absolute atomic E-state index is 11.6.